The van der Waals surface area contributed by atoms with Crippen LogP contribution >= 0.6 is 24.0 Å². The Kier molecular flexibility index (Phi) is 12.8. The van der Waals surface area contributed by atoms with Gasteiger partial charge in [0.15, 0.2) is 5.96 Å². The van der Waals surface area contributed by atoms with Crippen LogP contribution in [0, 0.1) is 0 Å². The molecule has 170 valence electrons. The van der Waals surface area contributed by atoms with Gasteiger partial charge in [-0.1, -0.05) is 19.3 Å². The second-order valence-corrected chi connectivity index (χ2v) is 8.47. The Balaban J connectivity index is 0.00000300. The molecule has 0 amide bonds. The molecule has 0 radical (unpaired) electrons. The van der Waals surface area contributed by atoms with Crippen molar-refractivity contribution < 1.29 is 14.2 Å². The quantitative estimate of drug-likeness (QED) is 0.226. The SMILES string of the molecule is CN=C(NCCCOC1CCCCC1)N1CCC(OCC2CCCCO2)CC1.I. The first kappa shape index (κ1) is 25.1. The van der Waals surface area contributed by atoms with Crippen molar-refractivity contribution in [1.82, 2.24) is 10.2 Å². The van der Waals surface area contributed by atoms with Crippen molar-refractivity contribution in [1.29, 1.82) is 0 Å². The fourth-order valence-corrected chi connectivity index (χ4v) is 4.50. The number of piperidine rings is 1. The molecule has 0 aromatic rings. The van der Waals surface area contributed by atoms with Gasteiger partial charge in [0.2, 0.25) is 0 Å². The number of halogens is 1. The number of nitrogens with one attached hydrogen (secondary N) is 1. The molecule has 1 aliphatic carbocycles. The fraction of sp³-hybridized carbons (Fsp3) is 0.955. The molecule has 2 saturated heterocycles. The number of hydrogen-bond donors (Lipinski definition) is 1. The number of guanidine groups is 1. The molecular weight excluding hydrogens is 481 g/mol. The van der Waals surface area contributed by atoms with E-state index in [4.69, 9.17) is 14.2 Å². The van der Waals surface area contributed by atoms with Gasteiger partial charge in [0.25, 0.3) is 0 Å². The zero-order valence-electron chi connectivity index (χ0n) is 18.3. The van der Waals surface area contributed by atoms with E-state index in [0.29, 0.717) is 18.3 Å². The first-order valence-electron chi connectivity index (χ1n) is 11.7. The van der Waals surface area contributed by atoms with Gasteiger partial charge >= 0.3 is 0 Å². The summed E-state index contributed by atoms with van der Waals surface area (Å²) in [6.07, 6.45) is 14.5. The Morgan fingerprint density at radius 3 is 2.38 bits per heavy atom. The number of likely N-dealkylation sites (tertiary alicyclic amines) is 1. The van der Waals surface area contributed by atoms with Crippen LogP contribution in [-0.2, 0) is 14.2 Å². The monoisotopic (exact) mass is 523 g/mol. The van der Waals surface area contributed by atoms with Crippen LogP contribution in [0.5, 0.6) is 0 Å². The lowest BCUT2D eigenvalue weighted by atomic mass is 9.98. The number of rotatable bonds is 8. The first-order chi connectivity index (χ1) is 13.8. The van der Waals surface area contributed by atoms with Crippen LogP contribution in [0.3, 0.4) is 0 Å². The zero-order chi connectivity index (χ0) is 19.4. The molecule has 0 aromatic carbocycles. The highest BCUT2D eigenvalue weighted by Gasteiger charge is 2.23. The summed E-state index contributed by atoms with van der Waals surface area (Å²) in [7, 11) is 1.88. The smallest absolute Gasteiger partial charge is 0.193 e. The minimum atomic E-state index is 0. The standard InChI is InChI=1S/C22H41N3O3.HI/c1-23-22(24-13-7-17-26-19-8-3-2-4-9-19)25-14-11-20(12-15-25)28-18-21-10-5-6-16-27-21;/h19-21H,2-18H2,1H3,(H,23,24);1H. The maximum absolute atomic E-state index is 6.13. The average molecular weight is 524 g/mol. The molecule has 6 nitrogen and oxygen atoms in total. The number of hydrogen-bond acceptors (Lipinski definition) is 4. The summed E-state index contributed by atoms with van der Waals surface area (Å²) in [6, 6.07) is 0. The lowest BCUT2D eigenvalue weighted by molar-refractivity contribution is -0.0721. The van der Waals surface area contributed by atoms with E-state index in [2.05, 4.69) is 15.2 Å². The van der Waals surface area contributed by atoms with Gasteiger partial charge < -0.3 is 24.4 Å². The van der Waals surface area contributed by atoms with Crippen LogP contribution in [-0.4, -0.2) is 75.7 Å². The van der Waals surface area contributed by atoms with E-state index in [9.17, 15) is 0 Å². The lowest BCUT2D eigenvalue weighted by Gasteiger charge is -2.35. The van der Waals surface area contributed by atoms with Crippen molar-refractivity contribution in [2.24, 2.45) is 4.99 Å². The van der Waals surface area contributed by atoms with E-state index >= 15 is 0 Å². The van der Waals surface area contributed by atoms with Gasteiger partial charge in [-0.2, -0.15) is 0 Å². The number of nitrogens with zero attached hydrogens (tertiary/aromatic N) is 2. The molecule has 2 heterocycles. The van der Waals surface area contributed by atoms with Gasteiger partial charge in [-0.05, 0) is 51.4 Å². The van der Waals surface area contributed by atoms with E-state index in [1.165, 1.54) is 44.9 Å². The van der Waals surface area contributed by atoms with E-state index < -0.39 is 0 Å². The average Bonchev–Trinajstić information content (AvgIpc) is 2.77. The van der Waals surface area contributed by atoms with Crippen LogP contribution in [0.15, 0.2) is 4.99 Å². The highest BCUT2D eigenvalue weighted by Crippen LogP contribution is 2.20. The van der Waals surface area contributed by atoms with Gasteiger partial charge in [0.05, 0.1) is 24.9 Å². The topological polar surface area (TPSA) is 55.3 Å². The van der Waals surface area contributed by atoms with Crippen molar-refractivity contribution in [3.05, 3.63) is 0 Å². The summed E-state index contributed by atoms with van der Waals surface area (Å²) < 4.78 is 17.9. The second kappa shape index (κ2) is 14.8. The van der Waals surface area contributed by atoms with Crippen molar-refractivity contribution >= 4 is 29.9 Å². The summed E-state index contributed by atoms with van der Waals surface area (Å²) in [5.74, 6) is 1.02. The van der Waals surface area contributed by atoms with Crippen LogP contribution in [0.25, 0.3) is 0 Å². The molecule has 1 atom stereocenters. The second-order valence-electron chi connectivity index (χ2n) is 8.47. The van der Waals surface area contributed by atoms with Crippen molar-refractivity contribution in [2.45, 2.75) is 88.9 Å². The predicted molar refractivity (Wildman–Crippen MR) is 128 cm³/mol. The van der Waals surface area contributed by atoms with Crippen molar-refractivity contribution in [2.75, 3.05) is 46.5 Å². The largest absolute Gasteiger partial charge is 0.378 e. The van der Waals surface area contributed by atoms with E-state index in [0.717, 1.165) is 71.1 Å². The van der Waals surface area contributed by atoms with Crippen LogP contribution in [0.4, 0.5) is 0 Å². The third kappa shape index (κ3) is 9.27. The maximum Gasteiger partial charge on any atom is 0.193 e. The van der Waals surface area contributed by atoms with Gasteiger partial charge in [0, 0.05) is 39.9 Å². The Labute approximate surface area is 194 Å². The van der Waals surface area contributed by atoms with E-state index in [1.807, 2.05) is 7.05 Å². The molecular formula is C22H42IN3O3. The maximum atomic E-state index is 6.13. The third-order valence-corrected chi connectivity index (χ3v) is 6.26. The van der Waals surface area contributed by atoms with Gasteiger partial charge in [-0.3, -0.25) is 4.99 Å². The highest BCUT2D eigenvalue weighted by atomic mass is 127. The summed E-state index contributed by atoms with van der Waals surface area (Å²) >= 11 is 0. The summed E-state index contributed by atoms with van der Waals surface area (Å²) in [5.41, 5.74) is 0. The molecule has 3 rings (SSSR count). The van der Waals surface area contributed by atoms with Crippen LogP contribution < -0.4 is 5.32 Å². The molecule has 29 heavy (non-hydrogen) atoms. The molecule has 3 fully saturated rings. The molecule has 0 spiro atoms. The summed E-state index contributed by atoms with van der Waals surface area (Å²) in [5, 5.41) is 3.51. The molecule has 3 aliphatic rings. The molecule has 1 saturated carbocycles. The van der Waals surface area contributed by atoms with Crippen LogP contribution in [0.2, 0.25) is 0 Å². The predicted octanol–water partition coefficient (Wildman–Crippen LogP) is 3.97. The Morgan fingerprint density at radius 1 is 0.966 bits per heavy atom. The Hall–Kier alpha value is -0.120. The van der Waals surface area contributed by atoms with Crippen molar-refractivity contribution in [3.63, 3.8) is 0 Å². The van der Waals surface area contributed by atoms with Crippen LogP contribution in [0.1, 0.15) is 70.6 Å². The Morgan fingerprint density at radius 2 is 1.69 bits per heavy atom. The van der Waals surface area contributed by atoms with E-state index in [-0.39, 0.29) is 24.0 Å². The van der Waals surface area contributed by atoms with Gasteiger partial charge in [0.1, 0.15) is 0 Å². The zero-order valence-corrected chi connectivity index (χ0v) is 20.6. The third-order valence-electron chi connectivity index (χ3n) is 6.26. The van der Waals surface area contributed by atoms with Crippen molar-refractivity contribution in [3.8, 4) is 0 Å². The molecule has 2 aliphatic heterocycles. The minimum Gasteiger partial charge on any atom is -0.378 e. The van der Waals surface area contributed by atoms with Gasteiger partial charge in [-0.25, -0.2) is 0 Å². The molecule has 0 bridgehead atoms. The number of ether oxygens (including phenoxy) is 3. The molecule has 7 heteroatoms. The molecule has 0 aromatic heterocycles. The molecule has 1 N–H and O–H groups in total. The van der Waals surface area contributed by atoms with E-state index in [1.54, 1.807) is 0 Å². The fourth-order valence-electron chi connectivity index (χ4n) is 4.50. The normalized spacial score (nSPS) is 24.9. The summed E-state index contributed by atoms with van der Waals surface area (Å²) in [6.45, 7) is 5.46. The number of aliphatic imine (C=N–C) groups is 1. The Bertz CT molecular complexity index is 447. The van der Waals surface area contributed by atoms with Gasteiger partial charge in [-0.15, -0.1) is 24.0 Å². The minimum absolute atomic E-state index is 0. The molecule has 1 unspecified atom stereocenters. The summed E-state index contributed by atoms with van der Waals surface area (Å²) in [4.78, 5) is 6.83. The highest BCUT2D eigenvalue weighted by molar-refractivity contribution is 14.0. The lowest BCUT2D eigenvalue weighted by Crippen LogP contribution is -2.47. The first-order valence-corrected chi connectivity index (χ1v) is 11.7.